The van der Waals surface area contributed by atoms with Crippen LogP contribution in [0.3, 0.4) is 0 Å². The van der Waals surface area contributed by atoms with Gasteiger partial charge in [-0.1, -0.05) is 11.6 Å². The smallest absolute Gasteiger partial charge is 0.277 e. The van der Waals surface area contributed by atoms with Gasteiger partial charge < -0.3 is 40.2 Å². The number of nitrogens with two attached hydrogens (primary N) is 3. The number of carbonyl (C=O) groups is 2. The third-order valence-corrected chi connectivity index (χ3v) is 5.31. The highest BCUT2D eigenvalue weighted by Gasteiger charge is 2.25. The molecule has 0 aliphatic heterocycles. The average Bonchev–Trinajstić information content (AvgIpc) is 3.09. The topological polar surface area (TPSA) is 171 Å². The standard InChI is InChI=1S/C20H26ClN9O2.ClH/c1-3-29-12-6-5-11(19(31)25-8-7-22)9-13(12)30(4-2)14(29)10-26-20(32)15-17(23)28-18(24)16(21)27-15;/h5-6,9H,3-4,7-8,10,22H2,1-2H3,(H5-,23,24,25,26,28,31,32);1H. The zero-order valence-corrected chi connectivity index (χ0v) is 19.9. The van der Waals surface area contributed by atoms with E-state index < -0.39 is 5.91 Å². The van der Waals surface area contributed by atoms with E-state index in [2.05, 4.69) is 25.2 Å². The van der Waals surface area contributed by atoms with Crippen molar-refractivity contribution >= 4 is 46.1 Å². The lowest BCUT2D eigenvalue weighted by Gasteiger charge is -2.08. The minimum absolute atomic E-state index is 0. The van der Waals surface area contributed by atoms with E-state index in [1.807, 2.05) is 30.5 Å². The molecule has 0 radical (unpaired) electrons. The SMILES string of the molecule is CCn1c(CNC(=O)c2nc(Cl)c(N)nc2N)[n+](CC)c2ccc(C(=O)NCCN)cc21.[Cl-]. The summed E-state index contributed by atoms with van der Waals surface area (Å²) < 4.78 is 4.12. The van der Waals surface area contributed by atoms with Gasteiger partial charge in [-0.3, -0.25) is 9.59 Å². The second kappa shape index (κ2) is 11.1. The molecule has 178 valence electrons. The molecule has 0 fully saturated rings. The van der Waals surface area contributed by atoms with Crippen molar-refractivity contribution in [2.75, 3.05) is 24.6 Å². The molecule has 0 aliphatic rings. The Kier molecular flexibility index (Phi) is 8.80. The van der Waals surface area contributed by atoms with E-state index in [-0.39, 0.29) is 47.3 Å². The number of nitrogens with one attached hydrogen (secondary N) is 2. The number of halogens is 2. The first kappa shape index (κ1) is 26.1. The maximum Gasteiger partial charge on any atom is 0.277 e. The fraction of sp³-hybridized carbons (Fsp3) is 0.350. The predicted octanol–water partition coefficient (Wildman–Crippen LogP) is -2.80. The molecule has 8 N–H and O–H groups in total. The van der Waals surface area contributed by atoms with Gasteiger partial charge in [0, 0.05) is 24.7 Å². The van der Waals surface area contributed by atoms with Gasteiger partial charge in [0.2, 0.25) is 0 Å². The molecule has 1 aromatic carbocycles. The number of nitrogens with zero attached hydrogens (tertiary/aromatic N) is 4. The maximum atomic E-state index is 12.7. The molecule has 0 saturated heterocycles. The van der Waals surface area contributed by atoms with Gasteiger partial charge >= 0.3 is 0 Å². The number of imidazole rings is 1. The fourth-order valence-electron chi connectivity index (χ4n) is 3.57. The summed E-state index contributed by atoms with van der Waals surface area (Å²) in [6.07, 6.45) is 0. The van der Waals surface area contributed by atoms with Crippen LogP contribution in [0.5, 0.6) is 0 Å². The molecule has 0 unspecified atom stereocenters. The number of amides is 2. The molecule has 3 rings (SSSR count). The molecule has 3 aromatic rings. The zero-order valence-electron chi connectivity index (χ0n) is 18.4. The summed E-state index contributed by atoms with van der Waals surface area (Å²) in [5, 5.41) is 5.51. The molecule has 33 heavy (non-hydrogen) atoms. The van der Waals surface area contributed by atoms with Gasteiger partial charge in [0.05, 0.1) is 13.1 Å². The van der Waals surface area contributed by atoms with Crippen molar-refractivity contribution in [3.05, 3.63) is 40.4 Å². The number of hydrogen-bond donors (Lipinski definition) is 5. The van der Waals surface area contributed by atoms with Crippen molar-refractivity contribution < 1.29 is 26.6 Å². The Morgan fingerprint density at radius 1 is 1.12 bits per heavy atom. The van der Waals surface area contributed by atoms with Gasteiger partial charge in [0.15, 0.2) is 33.5 Å². The van der Waals surface area contributed by atoms with Crippen LogP contribution in [0.25, 0.3) is 11.0 Å². The van der Waals surface area contributed by atoms with Gasteiger partial charge in [-0.15, -0.1) is 0 Å². The van der Waals surface area contributed by atoms with Crippen LogP contribution in [0.1, 0.15) is 40.5 Å². The van der Waals surface area contributed by atoms with Crippen LogP contribution in [0.15, 0.2) is 18.2 Å². The van der Waals surface area contributed by atoms with Crippen LogP contribution in [0.2, 0.25) is 5.15 Å². The Balaban J connectivity index is 0.00000385. The quantitative estimate of drug-likeness (QED) is 0.210. The van der Waals surface area contributed by atoms with Crippen LogP contribution < -0.4 is 44.8 Å². The van der Waals surface area contributed by atoms with E-state index in [4.69, 9.17) is 28.8 Å². The van der Waals surface area contributed by atoms with Gasteiger partial charge in [0.1, 0.15) is 6.54 Å². The van der Waals surface area contributed by atoms with Gasteiger partial charge in [-0.2, -0.15) is 0 Å². The summed E-state index contributed by atoms with van der Waals surface area (Å²) in [6, 6.07) is 5.51. The maximum absolute atomic E-state index is 12.7. The largest absolute Gasteiger partial charge is 1.00 e. The number of aryl methyl sites for hydroxylation is 2. The molecule has 2 heterocycles. The van der Waals surface area contributed by atoms with Crippen molar-refractivity contribution in [1.29, 1.82) is 0 Å². The van der Waals surface area contributed by atoms with Crippen LogP contribution in [-0.2, 0) is 19.6 Å². The number of fused-ring (bicyclic) bond motifs is 1. The van der Waals surface area contributed by atoms with Crippen molar-refractivity contribution in [1.82, 2.24) is 25.2 Å². The number of aromatic nitrogens is 4. The summed E-state index contributed by atoms with van der Waals surface area (Å²) in [5.74, 6) is 0.00697. The molecule has 13 heteroatoms. The Bertz CT molecular complexity index is 1180. The molecule has 0 saturated carbocycles. The van der Waals surface area contributed by atoms with Crippen LogP contribution in [-0.4, -0.2) is 39.4 Å². The predicted molar refractivity (Wildman–Crippen MR) is 122 cm³/mol. The first-order chi connectivity index (χ1) is 15.3. The third-order valence-electron chi connectivity index (χ3n) is 5.03. The van der Waals surface area contributed by atoms with E-state index in [0.717, 1.165) is 16.9 Å². The van der Waals surface area contributed by atoms with Crippen molar-refractivity contribution in [2.24, 2.45) is 5.73 Å². The molecule has 2 amide bonds. The Morgan fingerprint density at radius 2 is 1.85 bits per heavy atom. The first-order valence-corrected chi connectivity index (χ1v) is 10.6. The highest BCUT2D eigenvalue weighted by molar-refractivity contribution is 6.31. The van der Waals surface area contributed by atoms with E-state index >= 15 is 0 Å². The number of nitrogen functional groups attached to an aromatic ring is 2. The normalized spacial score (nSPS) is 10.7. The molecular formula is C20H27Cl2N9O2. The number of benzene rings is 1. The number of rotatable bonds is 8. The van der Waals surface area contributed by atoms with Crippen molar-refractivity contribution in [3.63, 3.8) is 0 Å². The average molecular weight is 496 g/mol. The van der Waals surface area contributed by atoms with Crippen molar-refractivity contribution in [2.45, 2.75) is 33.5 Å². The molecule has 0 aliphatic carbocycles. The molecule has 0 spiro atoms. The van der Waals surface area contributed by atoms with E-state index in [9.17, 15) is 9.59 Å². The van der Waals surface area contributed by atoms with Crippen LogP contribution in [0, 0.1) is 0 Å². The highest BCUT2D eigenvalue weighted by Crippen LogP contribution is 2.19. The lowest BCUT2D eigenvalue weighted by atomic mass is 10.2. The molecular weight excluding hydrogens is 469 g/mol. The summed E-state index contributed by atoms with van der Waals surface area (Å²) in [7, 11) is 0. The Hall–Kier alpha value is -3.15. The minimum Gasteiger partial charge on any atom is -1.00 e. The third kappa shape index (κ3) is 5.27. The number of carbonyl (C=O) groups excluding carboxylic acids is 2. The Morgan fingerprint density at radius 3 is 2.48 bits per heavy atom. The number of hydrogen-bond acceptors (Lipinski definition) is 7. The molecule has 0 atom stereocenters. The van der Waals surface area contributed by atoms with Gasteiger partial charge in [0.25, 0.3) is 17.6 Å². The molecule has 2 aromatic heterocycles. The van der Waals surface area contributed by atoms with Gasteiger partial charge in [-0.25, -0.2) is 19.1 Å². The van der Waals surface area contributed by atoms with E-state index in [1.54, 1.807) is 6.07 Å². The molecule has 11 nitrogen and oxygen atoms in total. The van der Waals surface area contributed by atoms with Gasteiger partial charge in [-0.05, 0) is 26.0 Å². The first-order valence-electron chi connectivity index (χ1n) is 10.2. The minimum atomic E-state index is -0.519. The van der Waals surface area contributed by atoms with E-state index in [0.29, 0.717) is 31.7 Å². The number of anilines is 2. The van der Waals surface area contributed by atoms with Crippen LogP contribution in [0.4, 0.5) is 11.6 Å². The monoisotopic (exact) mass is 495 g/mol. The summed E-state index contributed by atoms with van der Waals surface area (Å²) in [6.45, 7) is 6.28. The summed E-state index contributed by atoms with van der Waals surface area (Å²) >= 11 is 5.89. The van der Waals surface area contributed by atoms with Crippen LogP contribution >= 0.6 is 11.6 Å². The Labute approximate surface area is 202 Å². The second-order valence-electron chi connectivity index (χ2n) is 6.97. The zero-order chi connectivity index (χ0) is 23.4. The van der Waals surface area contributed by atoms with Crippen molar-refractivity contribution in [3.8, 4) is 0 Å². The summed E-state index contributed by atoms with van der Waals surface area (Å²) in [5.41, 5.74) is 19.1. The molecule has 0 bridgehead atoms. The van der Waals surface area contributed by atoms with E-state index in [1.165, 1.54) is 0 Å². The highest BCUT2D eigenvalue weighted by atomic mass is 35.5. The fourth-order valence-corrected chi connectivity index (χ4v) is 3.70. The summed E-state index contributed by atoms with van der Waals surface area (Å²) in [4.78, 5) is 32.8. The lowest BCUT2D eigenvalue weighted by Crippen LogP contribution is -3.00. The second-order valence-corrected chi connectivity index (χ2v) is 7.33. The lowest BCUT2D eigenvalue weighted by molar-refractivity contribution is -0.676.